The van der Waals surface area contributed by atoms with E-state index in [1.54, 1.807) is 24.0 Å². The quantitative estimate of drug-likeness (QED) is 0.537. The number of carbonyl (C=O) groups is 1. The van der Waals surface area contributed by atoms with Gasteiger partial charge in [-0.3, -0.25) is 14.2 Å². The van der Waals surface area contributed by atoms with E-state index in [4.69, 9.17) is 0 Å². The molecule has 31 heavy (non-hydrogen) atoms. The van der Waals surface area contributed by atoms with E-state index >= 15 is 0 Å². The molecule has 10 heteroatoms. The Labute approximate surface area is 184 Å². The second kappa shape index (κ2) is 10.1. The Balaban J connectivity index is 0.00000166. The van der Waals surface area contributed by atoms with Crippen molar-refractivity contribution in [2.24, 2.45) is 7.05 Å². The molecule has 1 amide bonds. The summed E-state index contributed by atoms with van der Waals surface area (Å²) in [7, 11) is 2.36. The predicted molar refractivity (Wildman–Crippen MR) is 120 cm³/mol. The molecule has 3 heterocycles. The zero-order chi connectivity index (χ0) is 23.3. The van der Waals surface area contributed by atoms with Crippen LogP contribution in [0.2, 0.25) is 0 Å². The molecule has 3 rings (SSSR count). The Morgan fingerprint density at radius 2 is 1.97 bits per heavy atom. The van der Waals surface area contributed by atoms with E-state index < -0.39 is 17.7 Å². The molecule has 0 spiro atoms. The molecule has 1 atom stereocenters. The highest BCUT2D eigenvalue weighted by Crippen LogP contribution is 2.33. The number of anilines is 1. The van der Waals surface area contributed by atoms with Crippen LogP contribution in [0.25, 0.3) is 22.6 Å². The molecular formula is C21H27F2N5O2S. The van der Waals surface area contributed by atoms with Gasteiger partial charge in [-0.15, -0.1) is 11.8 Å². The largest absolute Gasteiger partial charge is 0.381 e. The van der Waals surface area contributed by atoms with E-state index in [2.05, 4.69) is 20.3 Å². The van der Waals surface area contributed by atoms with Crippen molar-refractivity contribution in [3.63, 3.8) is 0 Å². The van der Waals surface area contributed by atoms with Crippen LogP contribution in [-0.4, -0.2) is 49.1 Å². The first kappa shape index (κ1) is 24.7. The number of hydrogen-bond acceptors (Lipinski definition) is 6. The first-order valence-corrected chi connectivity index (χ1v) is 10.6. The van der Waals surface area contributed by atoms with Gasteiger partial charge in [0, 0.05) is 11.9 Å². The Kier molecular flexibility index (Phi) is 8.08. The number of aryl methyl sites for hydroxylation is 1. The van der Waals surface area contributed by atoms with Gasteiger partial charge in [0.25, 0.3) is 5.91 Å². The number of alkyl halides is 2. The van der Waals surface area contributed by atoms with Crippen molar-refractivity contribution in [1.29, 1.82) is 0 Å². The summed E-state index contributed by atoms with van der Waals surface area (Å²) in [6, 6.07) is 3.46. The number of thioether (sulfide) groups is 1. The Morgan fingerprint density at radius 3 is 2.55 bits per heavy atom. The number of carbonyl (C=O) groups excluding carboxylic acids is 1. The third-order valence-electron chi connectivity index (χ3n) is 4.37. The van der Waals surface area contributed by atoms with Gasteiger partial charge < -0.3 is 15.0 Å². The summed E-state index contributed by atoms with van der Waals surface area (Å²) in [5, 5.41) is 12.5. The number of imidazole rings is 1. The summed E-state index contributed by atoms with van der Waals surface area (Å²) in [6.07, 6.45) is 1.97. The Morgan fingerprint density at radius 1 is 1.29 bits per heavy atom. The smallest absolute Gasteiger partial charge is 0.255 e. The van der Waals surface area contributed by atoms with Gasteiger partial charge in [-0.05, 0) is 38.7 Å². The van der Waals surface area contributed by atoms with E-state index in [-0.39, 0.29) is 0 Å². The van der Waals surface area contributed by atoms with Gasteiger partial charge in [-0.25, -0.2) is 14.4 Å². The van der Waals surface area contributed by atoms with Crippen molar-refractivity contribution in [3.05, 3.63) is 30.2 Å². The fraction of sp³-hybridized carbons (Fsp3) is 0.429. The SMILES string of the molecule is CCSc1cc(NC(=O)C(C)(C)O)cnc1-c1nc2cc(C(C)F)ncc2n1C.CF. The molecule has 0 fully saturated rings. The number of nitrogens with zero attached hydrogens (tertiary/aromatic N) is 4. The minimum absolute atomic E-state index is 0.336. The van der Waals surface area contributed by atoms with Gasteiger partial charge in [0.2, 0.25) is 0 Å². The monoisotopic (exact) mass is 451 g/mol. The highest BCUT2D eigenvalue weighted by Gasteiger charge is 2.24. The normalized spacial score (nSPS) is 12.3. The molecule has 7 nitrogen and oxygen atoms in total. The molecule has 168 valence electrons. The van der Waals surface area contributed by atoms with Crippen molar-refractivity contribution in [1.82, 2.24) is 19.5 Å². The van der Waals surface area contributed by atoms with Crippen molar-refractivity contribution >= 4 is 34.4 Å². The zero-order valence-corrected chi connectivity index (χ0v) is 19.2. The van der Waals surface area contributed by atoms with E-state index in [0.29, 0.717) is 35.6 Å². The maximum atomic E-state index is 13.6. The third-order valence-corrected chi connectivity index (χ3v) is 5.28. The van der Waals surface area contributed by atoms with Crippen LogP contribution in [0.4, 0.5) is 14.5 Å². The minimum Gasteiger partial charge on any atom is -0.381 e. The first-order valence-electron chi connectivity index (χ1n) is 9.63. The fourth-order valence-corrected chi connectivity index (χ4v) is 3.57. The average molecular weight is 452 g/mol. The standard InChI is InChI=1S/C20H24FN5O2S.CH3F/c1-6-29-16-7-12(24-19(27)20(3,4)28)9-23-17(16)18-25-14-8-13(11(2)21)22-10-15(14)26(18)5;1-2/h7-11,28H,6H2,1-5H3,(H,24,27);1H3. The van der Waals surface area contributed by atoms with Crippen LogP contribution < -0.4 is 5.32 Å². The van der Waals surface area contributed by atoms with E-state index in [1.807, 2.05) is 24.6 Å². The lowest BCUT2D eigenvalue weighted by molar-refractivity contribution is -0.130. The van der Waals surface area contributed by atoms with E-state index in [9.17, 15) is 18.7 Å². The first-order chi connectivity index (χ1) is 14.6. The maximum Gasteiger partial charge on any atom is 0.255 e. The molecule has 0 aliphatic heterocycles. The minimum atomic E-state index is -1.49. The van der Waals surface area contributed by atoms with Crippen molar-refractivity contribution in [2.45, 2.75) is 44.4 Å². The molecular weight excluding hydrogens is 424 g/mol. The highest BCUT2D eigenvalue weighted by molar-refractivity contribution is 7.99. The third kappa shape index (κ3) is 5.56. The molecule has 0 saturated carbocycles. The second-order valence-electron chi connectivity index (χ2n) is 7.23. The maximum absolute atomic E-state index is 13.6. The van der Waals surface area contributed by atoms with Crippen molar-refractivity contribution in [2.75, 3.05) is 18.2 Å². The van der Waals surface area contributed by atoms with Gasteiger partial charge in [-0.1, -0.05) is 6.92 Å². The molecule has 3 aromatic heterocycles. The van der Waals surface area contributed by atoms with Gasteiger partial charge in [0.1, 0.15) is 17.5 Å². The van der Waals surface area contributed by atoms with Gasteiger partial charge in [0.15, 0.2) is 5.82 Å². The van der Waals surface area contributed by atoms with Crippen molar-refractivity contribution < 1.29 is 18.7 Å². The Hall–Kier alpha value is -2.59. The number of aliphatic hydroxyl groups is 1. The van der Waals surface area contributed by atoms with Crippen LogP contribution in [0.5, 0.6) is 0 Å². The number of aromatic nitrogens is 4. The number of fused-ring (bicyclic) bond motifs is 1. The number of halogens is 2. The summed E-state index contributed by atoms with van der Waals surface area (Å²) in [6.45, 7) is 6.30. The number of amides is 1. The lowest BCUT2D eigenvalue weighted by Crippen LogP contribution is -2.36. The molecule has 0 aliphatic carbocycles. The van der Waals surface area contributed by atoms with Gasteiger partial charge >= 0.3 is 0 Å². The zero-order valence-electron chi connectivity index (χ0n) is 18.4. The Bertz CT molecular complexity index is 1060. The number of nitrogens with one attached hydrogen (secondary N) is 1. The molecule has 1 unspecified atom stereocenters. The lowest BCUT2D eigenvalue weighted by atomic mass is 10.1. The molecule has 0 bridgehead atoms. The molecule has 0 aromatic carbocycles. The van der Waals surface area contributed by atoms with Crippen LogP contribution in [-0.2, 0) is 11.8 Å². The molecule has 0 aliphatic rings. The number of pyridine rings is 2. The van der Waals surface area contributed by atoms with E-state index in [1.165, 1.54) is 27.0 Å². The lowest BCUT2D eigenvalue weighted by Gasteiger charge is -2.17. The molecule has 0 radical (unpaired) electrons. The van der Waals surface area contributed by atoms with E-state index in [0.717, 1.165) is 16.2 Å². The van der Waals surface area contributed by atoms with Crippen LogP contribution in [0.1, 0.15) is 39.6 Å². The molecule has 3 aromatic rings. The van der Waals surface area contributed by atoms with Gasteiger partial charge in [-0.2, -0.15) is 0 Å². The van der Waals surface area contributed by atoms with Crippen molar-refractivity contribution in [3.8, 4) is 11.5 Å². The number of hydrogen-bond donors (Lipinski definition) is 2. The second-order valence-corrected chi connectivity index (χ2v) is 8.53. The fourth-order valence-electron chi connectivity index (χ4n) is 2.76. The highest BCUT2D eigenvalue weighted by atomic mass is 32.2. The predicted octanol–water partition coefficient (Wildman–Crippen LogP) is 4.47. The summed E-state index contributed by atoms with van der Waals surface area (Å²) in [5.74, 6) is 0.912. The van der Waals surface area contributed by atoms with Crippen LogP contribution in [0.3, 0.4) is 0 Å². The molecule has 0 saturated heterocycles. The molecule has 2 N–H and O–H groups in total. The summed E-state index contributed by atoms with van der Waals surface area (Å²) in [5.41, 5.74) is 1.41. The van der Waals surface area contributed by atoms with Gasteiger partial charge in [0.05, 0.1) is 42.0 Å². The number of rotatable bonds is 6. The van der Waals surface area contributed by atoms with Crippen LogP contribution >= 0.6 is 11.8 Å². The van der Waals surface area contributed by atoms with Crippen LogP contribution in [0.15, 0.2) is 29.4 Å². The summed E-state index contributed by atoms with van der Waals surface area (Å²) < 4.78 is 25.0. The van der Waals surface area contributed by atoms with Crippen LogP contribution in [0, 0.1) is 0 Å². The average Bonchev–Trinajstić information content (AvgIpc) is 3.05. The topological polar surface area (TPSA) is 92.9 Å². The summed E-state index contributed by atoms with van der Waals surface area (Å²) in [4.78, 5) is 26.2. The summed E-state index contributed by atoms with van der Waals surface area (Å²) >= 11 is 1.57.